The summed E-state index contributed by atoms with van der Waals surface area (Å²) in [5, 5.41) is 40.0. The van der Waals surface area contributed by atoms with Crippen molar-refractivity contribution in [2.45, 2.75) is 115 Å². The smallest absolute Gasteiger partial charge is 0.408 e. The Bertz CT molecular complexity index is 1930. The summed E-state index contributed by atoms with van der Waals surface area (Å²) in [6, 6.07) is 13.3. The van der Waals surface area contributed by atoms with Crippen LogP contribution in [0.3, 0.4) is 0 Å². The van der Waals surface area contributed by atoms with Crippen LogP contribution in [0.1, 0.15) is 83.2 Å². The number of carbonyl (C=O) groups excluding carboxylic acids is 6. The Balaban J connectivity index is 1.51. The molecular weight excluding hydrogens is 795 g/mol. The summed E-state index contributed by atoms with van der Waals surface area (Å²) >= 11 is 0. The first-order valence-electron chi connectivity index (χ1n) is 19.9. The van der Waals surface area contributed by atoms with E-state index in [-0.39, 0.29) is 44.8 Å². The minimum Gasteiger partial charge on any atom is -0.445 e. The largest absolute Gasteiger partial charge is 0.445 e. The number of alkyl carbamates (subject to hydrolysis) is 3. The van der Waals surface area contributed by atoms with Crippen LogP contribution in [0.15, 0.2) is 66.9 Å². The number of nitrogens with zero attached hydrogens (tertiary/aromatic N) is 4. The number of carbonyl (C=O) groups is 6. The van der Waals surface area contributed by atoms with E-state index in [1.165, 1.54) is 29.6 Å². The normalized spacial score (nSPS) is 16.7. The number of primary amides is 1. The van der Waals surface area contributed by atoms with Gasteiger partial charge in [0.2, 0.25) is 17.7 Å². The van der Waals surface area contributed by atoms with Crippen molar-refractivity contribution in [3.05, 3.63) is 83.7 Å². The molecule has 2 heterocycles. The number of nitrogens with one attached hydrogen (secondary N) is 4. The lowest BCUT2D eigenvalue weighted by atomic mass is 10.0. The zero-order valence-corrected chi connectivity index (χ0v) is 35.0. The Hall–Kier alpha value is -6.28. The van der Waals surface area contributed by atoms with Crippen LogP contribution in [0.25, 0.3) is 0 Å². The summed E-state index contributed by atoms with van der Waals surface area (Å²) in [5.74, 6) is -2.69. The van der Waals surface area contributed by atoms with Crippen LogP contribution >= 0.6 is 0 Å². The number of unbranched alkanes of at least 4 members (excludes halogenated alkanes) is 1. The van der Waals surface area contributed by atoms with Crippen molar-refractivity contribution in [2.75, 3.05) is 19.6 Å². The topological polar surface area (TPSA) is 279 Å². The van der Waals surface area contributed by atoms with Crippen LogP contribution < -0.4 is 27.0 Å². The Morgan fingerprint density at radius 1 is 0.852 bits per heavy atom. The number of hydrogen-bond acceptors (Lipinski definition) is 13. The number of hydrogen-bond donors (Lipinski definition) is 7. The molecule has 1 fully saturated rings. The van der Waals surface area contributed by atoms with E-state index >= 15 is 0 Å². The van der Waals surface area contributed by atoms with Crippen LogP contribution in [0, 0.1) is 0 Å². The maximum Gasteiger partial charge on any atom is 0.408 e. The number of nitrogens with two attached hydrogens (primary N) is 1. The molecule has 0 radical (unpaired) electrons. The number of aliphatic hydroxyl groups excluding tert-OH is 1. The standard InChI is InChI=1S/C41H57N9O11/c1-40(2,3)61-39(57)47-30(21-44-38(56)60-25-27-16-10-7-11-17-27)36(54)49-23-28(50-32(22-45-48-50)41(4,5)58)20-31(49)35(53)46-29(33(51)34(42)52)18-12-13-19-43-37(55)59-24-26-14-8-6-9-15-26/h6-11,14-17,22,28-31,33,51,58H,12-13,18-21,23-25H2,1-5H3,(H2,42,52)(H,43,55)(H,44,56)(H,46,53)(H,47,57)/t28-,29?,30+,31-,33?/m0/s1. The van der Waals surface area contributed by atoms with Crippen LogP contribution in [-0.4, -0.2) is 116 Å². The molecule has 8 N–H and O–H groups in total. The average Bonchev–Trinajstić information content (AvgIpc) is 3.89. The first-order valence-corrected chi connectivity index (χ1v) is 19.9. The highest BCUT2D eigenvalue weighted by molar-refractivity contribution is 5.93. The molecule has 1 aromatic heterocycles. The Morgan fingerprint density at radius 2 is 1.44 bits per heavy atom. The van der Waals surface area contributed by atoms with Crippen molar-refractivity contribution in [2.24, 2.45) is 5.73 Å². The molecule has 0 saturated carbocycles. The van der Waals surface area contributed by atoms with Gasteiger partial charge in [-0.1, -0.05) is 65.9 Å². The molecule has 332 valence electrons. The number of aromatic nitrogens is 3. The Kier molecular flexibility index (Phi) is 17.0. The summed E-state index contributed by atoms with van der Waals surface area (Å²) in [7, 11) is 0. The lowest BCUT2D eigenvalue weighted by molar-refractivity contribution is -0.141. The lowest BCUT2D eigenvalue weighted by Gasteiger charge is -2.31. The fourth-order valence-electron chi connectivity index (χ4n) is 6.48. The first kappa shape index (κ1) is 47.4. The number of rotatable bonds is 19. The molecule has 2 unspecified atom stereocenters. The number of amides is 6. The van der Waals surface area contributed by atoms with Gasteiger partial charge in [0.05, 0.1) is 30.5 Å². The molecule has 20 heteroatoms. The van der Waals surface area contributed by atoms with Gasteiger partial charge in [-0.3, -0.25) is 14.4 Å². The molecular formula is C41H57N9O11. The molecule has 61 heavy (non-hydrogen) atoms. The van der Waals surface area contributed by atoms with Gasteiger partial charge in [0.25, 0.3) is 0 Å². The van der Waals surface area contributed by atoms with Gasteiger partial charge in [-0.05, 0) is 65.0 Å². The molecule has 1 aliphatic heterocycles. The van der Waals surface area contributed by atoms with Crippen LogP contribution in [0.4, 0.5) is 14.4 Å². The molecule has 1 saturated heterocycles. The number of likely N-dealkylation sites (tertiary alicyclic amines) is 1. The van der Waals surface area contributed by atoms with Crippen molar-refractivity contribution in [1.82, 2.24) is 41.2 Å². The van der Waals surface area contributed by atoms with Gasteiger partial charge in [0, 0.05) is 19.5 Å². The van der Waals surface area contributed by atoms with Crippen LogP contribution in [0.2, 0.25) is 0 Å². The molecule has 1 aliphatic rings. The monoisotopic (exact) mass is 851 g/mol. The highest BCUT2D eigenvalue weighted by Crippen LogP contribution is 2.32. The molecule has 2 aromatic carbocycles. The zero-order chi connectivity index (χ0) is 44.7. The Labute approximate surface area is 353 Å². The van der Waals surface area contributed by atoms with E-state index in [1.807, 2.05) is 36.4 Å². The highest BCUT2D eigenvalue weighted by Gasteiger charge is 2.45. The SMILES string of the molecule is CC(C)(C)OC(=O)N[C@H](CNC(=O)OCc1ccccc1)C(=O)N1C[C@@H](n2nncc2C(C)(C)O)C[C@H]1C(=O)NC(CCCCNC(=O)OCc1ccccc1)C(O)C(N)=O. The van der Waals surface area contributed by atoms with Gasteiger partial charge in [-0.2, -0.15) is 0 Å². The van der Waals surface area contributed by atoms with Gasteiger partial charge in [0.15, 0.2) is 6.10 Å². The van der Waals surface area contributed by atoms with Gasteiger partial charge in [-0.15, -0.1) is 5.10 Å². The van der Waals surface area contributed by atoms with Gasteiger partial charge in [0.1, 0.15) is 36.5 Å². The van der Waals surface area contributed by atoms with Crippen LogP contribution in [-0.2, 0) is 47.4 Å². The van der Waals surface area contributed by atoms with E-state index in [9.17, 15) is 39.0 Å². The zero-order valence-electron chi connectivity index (χ0n) is 35.0. The van der Waals surface area contributed by atoms with Crippen molar-refractivity contribution >= 4 is 36.0 Å². The van der Waals surface area contributed by atoms with Crippen LogP contribution in [0.5, 0.6) is 0 Å². The van der Waals surface area contributed by atoms with E-state index in [0.29, 0.717) is 18.4 Å². The first-order chi connectivity index (χ1) is 28.8. The Morgan fingerprint density at radius 3 is 2.00 bits per heavy atom. The summed E-state index contributed by atoms with van der Waals surface area (Å²) in [6.07, 6.45) is -2.31. The molecule has 5 atom stereocenters. The predicted octanol–water partition coefficient (Wildman–Crippen LogP) is 1.89. The molecule has 3 aromatic rings. The second-order valence-corrected chi connectivity index (χ2v) is 16.1. The third kappa shape index (κ3) is 15.0. The third-order valence-corrected chi connectivity index (χ3v) is 9.49. The number of benzene rings is 2. The number of ether oxygens (including phenoxy) is 3. The lowest BCUT2D eigenvalue weighted by Crippen LogP contribution is -2.59. The van der Waals surface area contributed by atoms with Crippen molar-refractivity contribution < 1.29 is 53.2 Å². The summed E-state index contributed by atoms with van der Waals surface area (Å²) in [6.45, 7) is 7.47. The second-order valence-electron chi connectivity index (χ2n) is 16.1. The molecule has 4 rings (SSSR count). The van der Waals surface area contributed by atoms with E-state index in [4.69, 9.17) is 19.9 Å². The predicted molar refractivity (Wildman–Crippen MR) is 218 cm³/mol. The minimum absolute atomic E-state index is 0.0461. The summed E-state index contributed by atoms with van der Waals surface area (Å²) in [4.78, 5) is 80.2. The molecule has 0 bridgehead atoms. The van der Waals surface area contributed by atoms with E-state index in [2.05, 4.69) is 31.6 Å². The molecule has 0 spiro atoms. The van der Waals surface area contributed by atoms with Crippen molar-refractivity contribution in [1.29, 1.82) is 0 Å². The fraction of sp³-hybridized carbons (Fsp3) is 0.512. The van der Waals surface area contributed by atoms with E-state index in [0.717, 1.165) is 5.56 Å². The summed E-state index contributed by atoms with van der Waals surface area (Å²) in [5.41, 5.74) is 4.89. The molecule has 20 nitrogen and oxygen atoms in total. The van der Waals surface area contributed by atoms with Gasteiger partial charge in [-0.25, -0.2) is 19.1 Å². The summed E-state index contributed by atoms with van der Waals surface area (Å²) < 4.78 is 17.3. The average molecular weight is 852 g/mol. The van der Waals surface area contributed by atoms with E-state index in [1.54, 1.807) is 45.0 Å². The van der Waals surface area contributed by atoms with Gasteiger partial charge >= 0.3 is 18.3 Å². The quantitative estimate of drug-likeness (QED) is 0.0672. The molecule has 0 aliphatic carbocycles. The van der Waals surface area contributed by atoms with Crippen molar-refractivity contribution in [3.8, 4) is 0 Å². The number of aliphatic hydroxyl groups is 2. The van der Waals surface area contributed by atoms with Crippen molar-refractivity contribution in [3.63, 3.8) is 0 Å². The second kappa shape index (κ2) is 21.8. The maximum absolute atomic E-state index is 14.5. The highest BCUT2D eigenvalue weighted by atomic mass is 16.6. The minimum atomic E-state index is -1.82. The molecule has 6 amide bonds. The third-order valence-electron chi connectivity index (χ3n) is 9.49. The fourth-order valence-corrected chi connectivity index (χ4v) is 6.48. The van der Waals surface area contributed by atoms with E-state index < -0.39 is 84.0 Å². The maximum atomic E-state index is 14.5. The van der Waals surface area contributed by atoms with Gasteiger partial charge < -0.3 is 56.3 Å².